The molecule has 0 bridgehead atoms. The molecule has 0 aromatic heterocycles. The van der Waals surface area contributed by atoms with Crippen LogP contribution in [0.2, 0.25) is 0 Å². The number of rotatable bonds is 0. The van der Waals surface area contributed by atoms with E-state index in [0.29, 0.717) is 0 Å². The van der Waals surface area contributed by atoms with E-state index in [2.05, 4.69) is 65.0 Å². The van der Waals surface area contributed by atoms with Gasteiger partial charge in [-0.1, -0.05) is 58.9 Å². The molecule has 1 heteroatoms. The van der Waals surface area contributed by atoms with Crippen LogP contribution in [0.25, 0.3) is 16.7 Å². The van der Waals surface area contributed by atoms with Crippen LogP contribution in [0.3, 0.4) is 0 Å². The topological polar surface area (TPSA) is 0 Å². The third-order valence-corrected chi connectivity index (χ3v) is 3.52. The first-order valence-electron chi connectivity index (χ1n) is 4.86. The van der Waals surface area contributed by atoms with Crippen molar-refractivity contribution in [2.24, 2.45) is 0 Å². The number of fused-ring (bicyclic) bond motifs is 3. The van der Waals surface area contributed by atoms with Gasteiger partial charge in [0.1, 0.15) is 0 Å². The Bertz CT molecular complexity index is 567. The Morgan fingerprint density at radius 3 is 2.27 bits per heavy atom. The van der Waals surface area contributed by atoms with Gasteiger partial charge in [0.05, 0.1) is 0 Å². The molecule has 0 saturated carbocycles. The molecule has 0 fully saturated rings. The van der Waals surface area contributed by atoms with Crippen LogP contribution in [0.4, 0.5) is 0 Å². The van der Waals surface area contributed by atoms with E-state index in [9.17, 15) is 0 Å². The lowest BCUT2D eigenvalue weighted by Crippen LogP contribution is -1.79. The van der Waals surface area contributed by atoms with Crippen molar-refractivity contribution in [3.63, 3.8) is 0 Å². The van der Waals surface area contributed by atoms with Gasteiger partial charge in [-0.05, 0) is 28.3 Å². The Balaban J connectivity index is 2.43. The third kappa shape index (κ3) is 1.13. The minimum absolute atomic E-state index is 1.12. The summed E-state index contributed by atoms with van der Waals surface area (Å²) in [6.45, 7) is 4.17. The zero-order valence-corrected chi connectivity index (χ0v) is 9.71. The van der Waals surface area contributed by atoms with Gasteiger partial charge in [0.15, 0.2) is 0 Å². The van der Waals surface area contributed by atoms with Crippen LogP contribution in [-0.4, -0.2) is 0 Å². The maximum Gasteiger partial charge on any atom is 0.0259 e. The van der Waals surface area contributed by atoms with E-state index in [4.69, 9.17) is 0 Å². The molecule has 2 aromatic rings. The van der Waals surface area contributed by atoms with E-state index in [-0.39, 0.29) is 0 Å². The number of halogens is 1. The summed E-state index contributed by atoms with van der Waals surface area (Å²) in [4.78, 5) is 0. The normalized spacial score (nSPS) is 12.5. The first-order valence-corrected chi connectivity index (χ1v) is 5.66. The van der Waals surface area contributed by atoms with Crippen molar-refractivity contribution in [3.05, 3.63) is 64.6 Å². The van der Waals surface area contributed by atoms with E-state index in [1.54, 1.807) is 0 Å². The minimum Gasteiger partial charge on any atom is -0.0905 e. The van der Waals surface area contributed by atoms with E-state index in [0.717, 1.165) is 10.0 Å². The maximum absolute atomic E-state index is 4.17. The number of benzene rings is 2. The Kier molecular flexibility index (Phi) is 1.83. The van der Waals surface area contributed by atoms with Crippen LogP contribution in [0.15, 0.2) is 53.5 Å². The van der Waals surface area contributed by atoms with Crippen molar-refractivity contribution in [1.82, 2.24) is 0 Å². The molecule has 0 unspecified atom stereocenters. The first-order chi connectivity index (χ1) is 7.29. The second-order valence-electron chi connectivity index (χ2n) is 3.69. The van der Waals surface area contributed by atoms with Gasteiger partial charge in [-0.25, -0.2) is 0 Å². The van der Waals surface area contributed by atoms with Gasteiger partial charge >= 0.3 is 0 Å². The molecule has 0 amide bonds. The molecular formula is C14H9Br. The molecule has 0 nitrogen and oxygen atoms in total. The quantitative estimate of drug-likeness (QED) is 0.556. The van der Waals surface area contributed by atoms with Crippen LogP contribution in [-0.2, 0) is 0 Å². The monoisotopic (exact) mass is 256 g/mol. The molecule has 0 atom stereocenters. The van der Waals surface area contributed by atoms with Crippen LogP contribution in [0, 0.1) is 0 Å². The molecular weight excluding hydrogens is 248 g/mol. The predicted molar refractivity (Wildman–Crippen MR) is 67.7 cm³/mol. The Morgan fingerprint density at radius 2 is 1.47 bits per heavy atom. The Hall–Kier alpha value is -1.34. The van der Waals surface area contributed by atoms with Gasteiger partial charge in [0, 0.05) is 10.0 Å². The summed E-state index contributed by atoms with van der Waals surface area (Å²) in [6, 6.07) is 14.7. The van der Waals surface area contributed by atoms with E-state index >= 15 is 0 Å². The molecule has 0 aliphatic heterocycles. The molecule has 2 aromatic carbocycles. The predicted octanol–water partition coefficient (Wildman–Crippen LogP) is 4.49. The van der Waals surface area contributed by atoms with Crippen LogP contribution in [0.1, 0.15) is 11.1 Å². The highest BCUT2D eigenvalue weighted by molar-refractivity contribution is 9.10. The number of hydrogen-bond donors (Lipinski definition) is 0. The largest absolute Gasteiger partial charge is 0.0905 e. The van der Waals surface area contributed by atoms with E-state index in [1.165, 1.54) is 22.3 Å². The zero-order chi connectivity index (χ0) is 10.4. The highest BCUT2D eigenvalue weighted by Gasteiger charge is 2.22. The molecule has 0 N–H and O–H groups in total. The van der Waals surface area contributed by atoms with E-state index in [1.807, 2.05) is 0 Å². The highest BCUT2D eigenvalue weighted by Crippen LogP contribution is 2.45. The molecule has 0 saturated heterocycles. The fraction of sp³-hybridized carbons (Fsp3) is 0. The van der Waals surface area contributed by atoms with Crippen LogP contribution in [0.5, 0.6) is 0 Å². The highest BCUT2D eigenvalue weighted by atomic mass is 79.9. The molecule has 0 spiro atoms. The summed E-state index contributed by atoms with van der Waals surface area (Å²) >= 11 is 3.59. The number of hydrogen-bond acceptors (Lipinski definition) is 0. The maximum atomic E-state index is 4.17. The Morgan fingerprint density at radius 1 is 0.800 bits per heavy atom. The second-order valence-corrected chi connectivity index (χ2v) is 4.54. The molecule has 1 aliphatic carbocycles. The smallest absolute Gasteiger partial charge is 0.0259 e. The van der Waals surface area contributed by atoms with Crippen molar-refractivity contribution in [2.75, 3.05) is 0 Å². The molecule has 0 heterocycles. The van der Waals surface area contributed by atoms with Crippen molar-refractivity contribution < 1.29 is 0 Å². The van der Waals surface area contributed by atoms with E-state index < -0.39 is 0 Å². The third-order valence-electron chi connectivity index (χ3n) is 2.86. The summed E-state index contributed by atoms with van der Waals surface area (Å²) in [5.41, 5.74) is 6.18. The van der Waals surface area contributed by atoms with Crippen LogP contribution < -0.4 is 0 Å². The SMILES string of the molecule is C=C1c2ccccc2-c2cccc(Br)c21. The van der Waals surface area contributed by atoms with Crippen LogP contribution >= 0.6 is 15.9 Å². The van der Waals surface area contributed by atoms with Crippen molar-refractivity contribution >= 4 is 21.5 Å². The standard InChI is InChI=1S/C14H9Br/c1-9-10-5-2-3-6-11(10)12-7-4-8-13(15)14(9)12/h2-8H,1H2. The summed E-state index contributed by atoms with van der Waals surface area (Å²) < 4.78 is 1.13. The van der Waals surface area contributed by atoms with Gasteiger partial charge in [-0.15, -0.1) is 0 Å². The summed E-state index contributed by atoms with van der Waals surface area (Å²) in [5.74, 6) is 0. The molecule has 0 radical (unpaired) electrons. The lowest BCUT2D eigenvalue weighted by Gasteiger charge is -2.02. The van der Waals surface area contributed by atoms with Crippen molar-refractivity contribution in [3.8, 4) is 11.1 Å². The minimum atomic E-state index is 1.12. The van der Waals surface area contributed by atoms with Gasteiger partial charge in [-0.3, -0.25) is 0 Å². The van der Waals surface area contributed by atoms with Gasteiger partial charge in [-0.2, -0.15) is 0 Å². The van der Waals surface area contributed by atoms with Gasteiger partial charge in [0.25, 0.3) is 0 Å². The first kappa shape index (κ1) is 8.93. The lowest BCUT2D eigenvalue weighted by atomic mass is 10.1. The lowest BCUT2D eigenvalue weighted by molar-refractivity contribution is 1.60. The van der Waals surface area contributed by atoms with Crippen molar-refractivity contribution in [1.29, 1.82) is 0 Å². The zero-order valence-electron chi connectivity index (χ0n) is 8.13. The average Bonchev–Trinajstić information content (AvgIpc) is 2.55. The molecule has 15 heavy (non-hydrogen) atoms. The van der Waals surface area contributed by atoms with Gasteiger partial charge < -0.3 is 0 Å². The molecule has 72 valence electrons. The fourth-order valence-corrected chi connectivity index (χ4v) is 2.78. The van der Waals surface area contributed by atoms with Crippen molar-refractivity contribution in [2.45, 2.75) is 0 Å². The summed E-state index contributed by atoms with van der Waals surface area (Å²) in [6.07, 6.45) is 0. The average molecular weight is 257 g/mol. The van der Waals surface area contributed by atoms with Gasteiger partial charge in [0.2, 0.25) is 0 Å². The fourth-order valence-electron chi connectivity index (χ4n) is 2.17. The Labute approximate surface area is 97.4 Å². The second kappa shape index (κ2) is 3.07. The molecule has 3 rings (SSSR count). The summed E-state index contributed by atoms with van der Waals surface area (Å²) in [7, 11) is 0. The summed E-state index contributed by atoms with van der Waals surface area (Å²) in [5, 5.41) is 0. The molecule has 1 aliphatic rings.